The smallest absolute Gasteiger partial charge is 0.328 e. The van der Waals surface area contributed by atoms with Crippen LogP contribution in [0.15, 0.2) is 21.8 Å². The lowest BCUT2D eigenvalue weighted by molar-refractivity contribution is -0.145. The van der Waals surface area contributed by atoms with Gasteiger partial charge in [-0.2, -0.15) is 0 Å². The number of pyridine rings is 1. The van der Waals surface area contributed by atoms with Crippen LogP contribution < -0.4 is 5.56 Å². The van der Waals surface area contributed by atoms with Crippen molar-refractivity contribution in [3.8, 4) is 0 Å². The molecule has 0 radical (unpaired) electrons. The SMILES string of the molecule is COC(=O)C(CC1CCCC1)n1c(C)cc(SC2CCOCC2)cc1=O. The summed E-state index contributed by atoms with van der Waals surface area (Å²) in [5.41, 5.74) is 0.730. The van der Waals surface area contributed by atoms with E-state index in [-0.39, 0.29) is 11.5 Å². The molecule has 6 heteroatoms. The first-order valence-electron chi connectivity index (χ1n) is 9.64. The van der Waals surface area contributed by atoms with E-state index in [0.717, 1.165) is 49.5 Å². The molecule has 144 valence electrons. The van der Waals surface area contributed by atoms with Gasteiger partial charge in [-0.1, -0.05) is 25.7 Å². The summed E-state index contributed by atoms with van der Waals surface area (Å²) < 4.78 is 12.1. The zero-order valence-corrected chi connectivity index (χ0v) is 16.6. The lowest BCUT2D eigenvalue weighted by atomic mass is 9.98. The van der Waals surface area contributed by atoms with Crippen molar-refractivity contribution >= 4 is 17.7 Å². The van der Waals surface area contributed by atoms with Crippen molar-refractivity contribution in [3.63, 3.8) is 0 Å². The van der Waals surface area contributed by atoms with E-state index in [0.29, 0.717) is 17.6 Å². The van der Waals surface area contributed by atoms with Crippen molar-refractivity contribution in [2.45, 2.75) is 68.1 Å². The van der Waals surface area contributed by atoms with Gasteiger partial charge in [0.15, 0.2) is 0 Å². The van der Waals surface area contributed by atoms with Crippen molar-refractivity contribution in [1.82, 2.24) is 4.57 Å². The van der Waals surface area contributed by atoms with Crippen LogP contribution in [0.25, 0.3) is 0 Å². The highest BCUT2D eigenvalue weighted by molar-refractivity contribution is 8.00. The van der Waals surface area contributed by atoms with Gasteiger partial charge in [-0.05, 0) is 38.2 Å². The summed E-state index contributed by atoms with van der Waals surface area (Å²) in [6, 6.07) is 3.20. The highest BCUT2D eigenvalue weighted by Crippen LogP contribution is 2.34. The molecule has 1 aliphatic carbocycles. The Bertz CT molecular complexity index is 675. The molecule has 2 heterocycles. The number of nitrogens with zero attached hydrogens (tertiary/aromatic N) is 1. The number of carbonyl (C=O) groups excluding carboxylic acids is 1. The van der Waals surface area contributed by atoms with Gasteiger partial charge in [-0.25, -0.2) is 4.79 Å². The van der Waals surface area contributed by atoms with Crippen LogP contribution in [0.4, 0.5) is 0 Å². The minimum Gasteiger partial charge on any atom is -0.467 e. The highest BCUT2D eigenvalue weighted by Gasteiger charge is 2.29. The van der Waals surface area contributed by atoms with Gasteiger partial charge in [0.25, 0.3) is 5.56 Å². The predicted molar refractivity (Wildman–Crippen MR) is 103 cm³/mol. The number of carbonyl (C=O) groups is 1. The van der Waals surface area contributed by atoms with Crippen LogP contribution in [0.2, 0.25) is 0 Å². The standard InChI is InChI=1S/C20H29NO4S/c1-14-11-17(26-16-7-9-25-10-8-16)13-19(22)21(14)18(20(23)24-2)12-15-5-3-4-6-15/h11,13,15-16,18H,3-10,12H2,1-2H3. The Labute approximate surface area is 159 Å². The van der Waals surface area contributed by atoms with Gasteiger partial charge >= 0.3 is 5.97 Å². The largest absolute Gasteiger partial charge is 0.467 e. The molecule has 1 unspecified atom stereocenters. The van der Waals surface area contributed by atoms with E-state index in [2.05, 4.69) is 0 Å². The topological polar surface area (TPSA) is 57.5 Å². The minimum atomic E-state index is -0.516. The Kier molecular flexibility index (Phi) is 6.81. The second-order valence-electron chi connectivity index (χ2n) is 7.40. The lowest BCUT2D eigenvalue weighted by Gasteiger charge is -2.24. The minimum absolute atomic E-state index is 0.104. The number of hydrogen-bond donors (Lipinski definition) is 0. The molecule has 1 aliphatic heterocycles. The molecule has 1 saturated carbocycles. The molecule has 26 heavy (non-hydrogen) atoms. The summed E-state index contributed by atoms with van der Waals surface area (Å²) in [6.45, 7) is 3.50. The summed E-state index contributed by atoms with van der Waals surface area (Å²) in [4.78, 5) is 26.2. The van der Waals surface area contributed by atoms with Gasteiger partial charge in [-0.15, -0.1) is 11.8 Å². The molecule has 1 aromatic heterocycles. The van der Waals surface area contributed by atoms with Crippen LogP contribution in [0.1, 0.15) is 56.7 Å². The average molecular weight is 380 g/mol. The van der Waals surface area contributed by atoms with Crippen molar-refractivity contribution < 1.29 is 14.3 Å². The first kappa shape index (κ1) is 19.5. The van der Waals surface area contributed by atoms with E-state index in [1.54, 1.807) is 22.4 Å². The average Bonchev–Trinajstić information content (AvgIpc) is 3.13. The molecule has 1 atom stereocenters. The van der Waals surface area contributed by atoms with Crippen molar-refractivity contribution in [2.24, 2.45) is 5.92 Å². The number of thioether (sulfide) groups is 1. The van der Waals surface area contributed by atoms with Crippen molar-refractivity contribution in [1.29, 1.82) is 0 Å². The van der Waals surface area contributed by atoms with Gasteiger partial charge in [0.05, 0.1) is 7.11 Å². The van der Waals surface area contributed by atoms with Crippen LogP contribution >= 0.6 is 11.8 Å². The highest BCUT2D eigenvalue weighted by atomic mass is 32.2. The molecule has 1 saturated heterocycles. The van der Waals surface area contributed by atoms with Gasteiger partial charge < -0.3 is 9.47 Å². The van der Waals surface area contributed by atoms with Crippen LogP contribution in [0, 0.1) is 12.8 Å². The zero-order chi connectivity index (χ0) is 18.5. The predicted octanol–water partition coefficient (Wildman–Crippen LogP) is 3.72. The van der Waals surface area contributed by atoms with E-state index in [1.165, 1.54) is 20.0 Å². The molecule has 0 amide bonds. The number of aromatic nitrogens is 1. The fraction of sp³-hybridized carbons (Fsp3) is 0.700. The number of hydrogen-bond acceptors (Lipinski definition) is 5. The molecule has 0 bridgehead atoms. The molecular weight excluding hydrogens is 350 g/mol. The van der Waals surface area contributed by atoms with E-state index >= 15 is 0 Å². The van der Waals surface area contributed by atoms with E-state index in [9.17, 15) is 9.59 Å². The quantitative estimate of drug-likeness (QED) is 0.705. The Balaban J connectivity index is 1.81. The monoisotopic (exact) mass is 379 g/mol. The summed E-state index contributed by atoms with van der Waals surface area (Å²) in [5, 5.41) is 0.494. The second kappa shape index (κ2) is 9.09. The third kappa shape index (κ3) is 4.71. The first-order chi connectivity index (χ1) is 12.6. The third-order valence-corrected chi connectivity index (χ3v) is 6.83. The fourth-order valence-corrected chi connectivity index (χ4v) is 5.36. The zero-order valence-electron chi connectivity index (χ0n) is 15.7. The maximum atomic E-state index is 12.9. The summed E-state index contributed by atoms with van der Waals surface area (Å²) >= 11 is 1.75. The lowest BCUT2D eigenvalue weighted by Crippen LogP contribution is -2.33. The molecule has 2 aliphatic rings. The Morgan fingerprint density at radius 2 is 1.96 bits per heavy atom. The number of ether oxygens (including phenoxy) is 2. The summed E-state index contributed by atoms with van der Waals surface area (Å²) in [5.74, 6) is 0.189. The van der Waals surface area contributed by atoms with Crippen LogP contribution in [-0.4, -0.2) is 36.1 Å². The Morgan fingerprint density at radius 1 is 1.27 bits per heavy atom. The summed E-state index contributed by atoms with van der Waals surface area (Å²) in [7, 11) is 1.40. The second-order valence-corrected chi connectivity index (χ2v) is 8.77. The molecule has 0 N–H and O–H groups in total. The van der Waals surface area contributed by atoms with Gasteiger partial charge in [0.2, 0.25) is 0 Å². The first-order valence-corrected chi connectivity index (χ1v) is 10.5. The third-order valence-electron chi connectivity index (χ3n) is 5.52. The van der Waals surface area contributed by atoms with Crippen molar-refractivity contribution in [2.75, 3.05) is 20.3 Å². The summed E-state index contributed by atoms with van der Waals surface area (Å²) in [6.07, 6.45) is 7.43. The molecule has 5 nitrogen and oxygen atoms in total. The molecular formula is C20H29NO4S. The normalized spacial score (nSPS) is 20.2. The number of methoxy groups -OCH3 is 1. The maximum absolute atomic E-state index is 12.9. The van der Waals surface area contributed by atoms with Gasteiger partial charge in [0.1, 0.15) is 6.04 Å². The van der Waals surface area contributed by atoms with E-state index in [4.69, 9.17) is 9.47 Å². The molecule has 0 aromatic carbocycles. The van der Waals surface area contributed by atoms with Gasteiger partial charge in [0, 0.05) is 35.1 Å². The number of rotatable bonds is 6. The van der Waals surface area contributed by atoms with Crippen LogP contribution in [-0.2, 0) is 14.3 Å². The van der Waals surface area contributed by atoms with Crippen LogP contribution in [0.5, 0.6) is 0 Å². The maximum Gasteiger partial charge on any atom is 0.328 e. The number of aryl methyl sites for hydroxylation is 1. The van der Waals surface area contributed by atoms with Gasteiger partial charge in [-0.3, -0.25) is 9.36 Å². The molecule has 3 rings (SSSR count). The molecule has 2 fully saturated rings. The van der Waals surface area contributed by atoms with E-state index < -0.39 is 6.04 Å². The Hall–Kier alpha value is -1.27. The van der Waals surface area contributed by atoms with E-state index in [1.807, 2.05) is 13.0 Å². The molecule has 1 aromatic rings. The molecule has 0 spiro atoms. The van der Waals surface area contributed by atoms with Crippen LogP contribution in [0.3, 0.4) is 0 Å². The van der Waals surface area contributed by atoms with Crippen molar-refractivity contribution in [3.05, 3.63) is 28.2 Å². The fourth-order valence-electron chi connectivity index (χ4n) is 4.14. The Morgan fingerprint density at radius 3 is 2.58 bits per heavy atom. The number of esters is 1.